The number of morpholine rings is 1. The SMILES string of the molecule is CCn1cc(C=C(NC(=O)c2ccc(OC)c(OC)c2)C(=O)NCCN2CCOCC2)c2ccccc21. The Kier molecular flexibility index (Phi) is 8.81. The number of hydrogen-bond acceptors (Lipinski definition) is 6. The molecule has 2 aromatic carbocycles. The van der Waals surface area contributed by atoms with E-state index in [4.69, 9.17) is 14.2 Å². The first kappa shape index (κ1) is 26.2. The Bertz CT molecular complexity index is 1280. The van der Waals surface area contributed by atoms with Gasteiger partial charge in [-0.15, -0.1) is 0 Å². The monoisotopic (exact) mass is 506 g/mol. The number of aryl methyl sites for hydroxylation is 1. The minimum Gasteiger partial charge on any atom is -0.493 e. The number of fused-ring (bicyclic) bond motifs is 1. The van der Waals surface area contributed by atoms with Gasteiger partial charge in [-0.3, -0.25) is 14.5 Å². The maximum atomic E-state index is 13.3. The van der Waals surface area contributed by atoms with E-state index in [2.05, 4.69) is 27.0 Å². The van der Waals surface area contributed by atoms with E-state index in [1.54, 1.807) is 24.3 Å². The molecule has 196 valence electrons. The summed E-state index contributed by atoms with van der Waals surface area (Å²) in [7, 11) is 3.04. The van der Waals surface area contributed by atoms with Crippen molar-refractivity contribution in [3.05, 3.63) is 65.5 Å². The number of benzene rings is 2. The number of para-hydroxylation sites is 1. The molecular formula is C28H34N4O5. The number of rotatable bonds is 10. The maximum absolute atomic E-state index is 13.3. The second kappa shape index (κ2) is 12.4. The van der Waals surface area contributed by atoms with Crippen LogP contribution in [0.1, 0.15) is 22.8 Å². The Morgan fingerprint density at radius 2 is 1.81 bits per heavy atom. The molecule has 1 aliphatic heterocycles. The van der Waals surface area contributed by atoms with Crippen LogP contribution in [0, 0.1) is 0 Å². The molecular weight excluding hydrogens is 472 g/mol. The number of carbonyl (C=O) groups is 2. The van der Waals surface area contributed by atoms with E-state index in [1.165, 1.54) is 14.2 Å². The fourth-order valence-corrected chi connectivity index (χ4v) is 4.39. The number of carbonyl (C=O) groups excluding carboxylic acids is 2. The molecule has 9 nitrogen and oxygen atoms in total. The van der Waals surface area contributed by atoms with Crippen LogP contribution in [0.2, 0.25) is 0 Å². The van der Waals surface area contributed by atoms with Crippen molar-refractivity contribution < 1.29 is 23.8 Å². The zero-order chi connectivity index (χ0) is 26.2. The highest BCUT2D eigenvalue weighted by atomic mass is 16.5. The third kappa shape index (κ3) is 6.31. The molecule has 2 amide bonds. The summed E-state index contributed by atoms with van der Waals surface area (Å²) in [6.07, 6.45) is 3.73. The van der Waals surface area contributed by atoms with Gasteiger partial charge in [0.05, 0.1) is 27.4 Å². The summed E-state index contributed by atoms with van der Waals surface area (Å²) < 4.78 is 18.1. The fourth-order valence-electron chi connectivity index (χ4n) is 4.39. The van der Waals surface area contributed by atoms with Crippen LogP contribution in [0.4, 0.5) is 0 Å². The molecule has 9 heteroatoms. The second-order valence-electron chi connectivity index (χ2n) is 8.68. The van der Waals surface area contributed by atoms with Crippen LogP contribution >= 0.6 is 0 Å². The van der Waals surface area contributed by atoms with Crippen molar-refractivity contribution in [1.82, 2.24) is 20.1 Å². The van der Waals surface area contributed by atoms with Gasteiger partial charge in [-0.1, -0.05) is 18.2 Å². The largest absolute Gasteiger partial charge is 0.493 e. The van der Waals surface area contributed by atoms with Gasteiger partial charge in [0.15, 0.2) is 11.5 Å². The van der Waals surface area contributed by atoms with Crippen molar-refractivity contribution in [2.45, 2.75) is 13.5 Å². The molecule has 0 spiro atoms. The van der Waals surface area contributed by atoms with E-state index < -0.39 is 5.91 Å². The van der Waals surface area contributed by atoms with E-state index in [-0.39, 0.29) is 11.6 Å². The number of hydrogen-bond donors (Lipinski definition) is 2. The third-order valence-electron chi connectivity index (χ3n) is 6.42. The number of ether oxygens (including phenoxy) is 3. The van der Waals surface area contributed by atoms with Gasteiger partial charge in [-0.25, -0.2) is 0 Å². The van der Waals surface area contributed by atoms with Crippen LogP contribution in [0.25, 0.3) is 17.0 Å². The van der Waals surface area contributed by atoms with Crippen LogP contribution in [0.3, 0.4) is 0 Å². The smallest absolute Gasteiger partial charge is 0.267 e. The van der Waals surface area contributed by atoms with Crippen LogP contribution in [-0.2, 0) is 16.1 Å². The lowest BCUT2D eigenvalue weighted by Crippen LogP contribution is -2.42. The van der Waals surface area contributed by atoms with Crippen molar-refractivity contribution in [3.63, 3.8) is 0 Å². The molecule has 0 saturated carbocycles. The number of amides is 2. The Labute approximate surface area is 217 Å². The van der Waals surface area contributed by atoms with Crippen LogP contribution in [0.5, 0.6) is 11.5 Å². The van der Waals surface area contributed by atoms with Crippen molar-refractivity contribution in [2.75, 3.05) is 53.6 Å². The fraction of sp³-hybridized carbons (Fsp3) is 0.357. The quantitative estimate of drug-likeness (QED) is 0.411. The number of methoxy groups -OCH3 is 2. The van der Waals surface area contributed by atoms with E-state index in [1.807, 2.05) is 30.5 Å². The normalized spacial score (nSPS) is 14.4. The van der Waals surface area contributed by atoms with Crippen molar-refractivity contribution in [1.29, 1.82) is 0 Å². The summed E-state index contributed by atoms with van der Waals surface area (Å²) in [5.41, 5.74) is 2.43. The lowest BCUT2D eigenvalue weighted by Gasteiger charge is -2.26. The average molecular weight is 507 g/mol. The average Bonchev–Trinajstić information content (AvgIpc) is 3.30. The topological polar surface area (TPSA) is 94.1 Å². The molecule has 0 aliphatic carbocycles. The number of aromatic nitrogens is 1. The first-order valence-electron chi connectivity index (χ1n) is 12.4. The predicted molar refractivity (Wildman–Crippen MR) is 143 cm³/mol. The van der Waals surface area contributed by atoms with Gasteiger partial charge in [0.1, 0.15) is 5.70 Å². The summed E-state index contributed by atoms with van der Waals surface area (Å²) in [5, 5.41) is 6.79. The van der Waals surface area contributed by atoms with Gasteiger partial charge < -0.3 is 29.4 Å². The van der Waals surface area contributed by atoms with Gasteiger partial charge in [-0.2, -0.15) is 0 Å². The molecule has 4 rings (SSSR count). The molecule has 37 heavy (non-hydrogen) atoms. The van der Waals surface area contributed by atoms with E-state index >= 15 is 0 Å². The Hall–Kier alpha value is -3.82. The summed E-state index contributed by atoms with van der Waals surface area (Å²) >= 11 is 0. The van der Waals surface area contributed by atoms with Gasteiger partial charge >= 0.3 is 0 Å². The highest BCUT2D eigenvalue weighted by Crippen LogP contribution is 2.28. The van der Waals surface area contributed by atoms with E-state index in [0.717, 1.165) is 36.1 Å². The first-order chi connectivity index (χ1) is 18.0. The molecule has 0 radical (unpaired) electrons. The summed E-state index contributed by atoms with van der Waals surface area (Å²) in [6, 6.07) is 12.9. The molecule has 2 heterocycles. The second-order valence-corrected chi connectivity index (χ2v) is 8.68. The Morgan fingerprint density at radius 1 is 1.05 bits per heavy atom. The number of nitrogens with one attached hydrogen (secondary N) is 2. The highest BCUT2D eigenvalue weighted by Gasteiger charge is 2.18. The van der Waals surface area contributed by atoms with Crippen LogP contribution < -0.4 is 20.1 Å². The summed E-state index contributed by atoms with van der Waals surface area (Å²) in [5.74, 6) is 0.176. The third-order valence-corrected chi connectivity index (χ3v) is 6.42. The molecule has 3 aromatic rings. The standard InChI is InChI=1S/C28H34N4O5/c1-4-32-19-21(22-7-5-6-8-24(22)32)17-23(28(34)29-11-12-31-13-15-37-16-14-31)30-27(33)20-9-10-25(35-2)26(18-20)36-3/h5-10,17-19H,4,11-16H2,1-3H3,(H,29,34)(H,30,33). The van der Waals surface area contributed by atoms with Crippen molar-refractivity contribution in [2.24, 2.45) is 0 Å². The Morgan fingerprint density at radius 3 is 2.54 bits per heavy atom. The van der Waals surface area contributed by atoms with E-state index in [0.29, 0.717) is 43.4 Å². The maximum Gasteiger partial charge on any atom is 0.267 e. The minimum absolute atomic E-state index is 0.167. The molecule has 1 aliphatic rings. The minimum atomic E-state index is -0.422. The first-order valence-corrected chi connectivity index (χ1v) is 12.4. The molecule has 0 unspecified atom stereocenters. The molecule has 1 fully saturated rings. The van der Waals surface area contributed by atoms with Gasteiger partial charge in [-0.05, 0) is 37.3 Å². The lowest BCUT2D eigenvalue weighted by atomic mass is 10.1. The van der Waals surface area contributed by atoms with Gasteiger partial charge in [0.25, 0.3) is 11.8 Å². The summed E-state index contributed by atoms with van der Waals surface area (Å²) in [4.78, 5) is 28.8. The highest BCUT2D eigenvalue weighted by molar-refractivity contribution is 6.06. The zero-order valence-electron chi connectivity index (χ0n) is 21.6. The predicted octanol–water partition coefficient (Wildman–Crippen LogP) is 2.90. The molecule has 0 atom stereocenters. The number of nitrogens with zero attached hydrogens (tertiary/aromatic N) is 2. The van der Waals surface area contributed by atoms with Crippen LogP contribution in [-0.4, -0.2) is 74.9 Å². The van der Waals surface area contributed by atoms with Crippen molar-refractivity contribution >= 4 is 28.8 Å². The molecule has 1 saturated heterocycles. The van der Waals surface area contributed by atoms with Gasteiger partial charge in [0.2, 0.25) is 0 Å². The molecule has 0 bridgehead atoms. The molecule has 1 aromatic heterocycles. The zero-order valence-corrected chi connectivity index (χ0v) is 21.6. The van der Waals surface area contributed by atoms with Crippen LogP contribution in [0.15, 0.2) is 54.4 Å². The molecule has 2 N–H and O–H groups in total. The summed E-state index contributed by atoms with van der Waals surface area (Å²) in [6.45, 7) is 7.09. The van der Waals surface area contributed by atoms with Crippen molar-refractivity contribution in [3.8, 4) is 11.5 Å². The van der Waals surface area contributed by atoms with Gasteiger partial charge in [0, 0.05) is 61.0 Å². The van der Waals surface area contributed by atoms with E-state index in [9.17, 15) is 9.59 Å². The Balaban J connectivity index is 1.60. The lowest BCUT2D eigenvalue weighted by molar-refractivity contribution is -0.117.